The van der Waals surface area contributed by atoms with E-state index < -0.39 is 0 Å². The second kappa shape index (κ2) is 8.69. The number of carbonyl (C=O) groups excluding carboxylic acids is 2. The Morgan fingerprint density at radius 3 is 2.58 bits per heavy atom. The fraction of sp³-hybridized carbons (Fsp3) is 0.636. The zero-order valence-corrected chi connectivity index (χ0v) is 17.6. The molecule has 0 spiro atoms. The number of hydrogen-bond donors (Lipinski definition) is 0. The number of benzene rings is 1. The summed E-state index contributed by atoms with van der Waals surface area (Å²) in [5.41, 5.74) is 2.88. The smallest absolute Gasteiger partial charge is 0.230 e. The van der Waals surface area contributed by atoms with E-state index >= 15 is 0 Å². The van der Waals surface area contributed by atoms with Crippen molar-refractivity contribution in [1.82, 2.24) is 0 Å². The molecule has 1 heterocycles. The summed E-state index contributed by atoms with van der Waals surface area (Å²) in [7, 11) is 0. The van der Waals surface area contributed by atoms with Gasteiger partial charge in [-0.25, -0.2) is 0 Å². The molecule has 0 radical (unpaired) electrons. The summed E-state index contributed by atoms with van der Waals surface area (Å²) in [6.07, 6.45) is 9.21. The first-order chi connectivity index (χ1) is 12.5. The number of halogens is 1. The molecule has 3 nitrogen and oxygen atoms in total. The Hall–Kier alpha value is -1.16. The molecule has 0 N–H and O–H groups in total. The van der Waals surface area contributed by atoms with E-state index in [0.29, 0.717) is 11.2 Å². The summed E-state index contributed by atoms with van der Waals surface area (Å²) in [6.45, 7) is 4.37. The average Bonchev–Trinajstić information content (AvgIpc) is 3.00. The Kier molecular flexibility index (Phi) is 6.55. The van der Waals surface area contributed by atoms with E-state index in [4.69, 9.17) is 0 Å². The van der Waals surface area contributed by atoms with Crippen LogP contribution in [0.25, 0.3) is 0 Å². The van der Waals surface area contributed by atoms with E-state index in [1.54, 1.807) is 0 Å². The number of rotatable bonds is 6. The van der Waals surface area contributed by atoms with Crippen LogP contribution in [0.3, 0.4) is 0 Å². The van der Waals surface area contributed by atoms with Crippen molar-refractivity contribution in [3.8, 4) is 0 Å². The minimum atomic E-state index is 0.0932. The Morgan fingerprint density at radius 1 is 1.19 bits per heavy atom. The molecule has 1 unspecified atom stereocenters. The van der Waals surface area contributed by atoms with Gasteiger partial charge in [-0.15, -0.1) is 0 Å². The second-order valence-corrected chi connectivity index (χ2v) is 8.58. The third kappa shape index (κ3) is 4.05. The maximum Gasteiger partial charge on any atom is 0.230 e. The van der Waals surface area contributed by atoms with Crippen LogP contribution >= 0.6 is 15.9 Å². The van der Waals surface area contributed by atoms with Crippen molar-refractivity contribution in [2.24, 2.45) is 11.8 Å². The Labute approximate surface area is 165 Å². The number of carbonyl (C=O) groups is 2. The number of nitrogens with zero attached hydrogens (tertiary/aromatic N) is 1. The zero-order chi connectivity index (χ0) is 18.7. The molecule has 1 aliphatic heterocycles. The first-order valence-corrected chi connectivity index (χ1v) is 11.2. The van der Waals surface area contributed by atoms with E-state index in [1.807, 2.05) is 23.1 Å². The van der Waals surface area contributed by atoms with Crippen LogP contribution in [0.1, 0.15) is 74.7 Å². The predicted molar refractivity (Wildman–Crippen MR) is 110 cm³/mol. The first-order valence-electron chi connectivity index (χ1n) is 10.1. The third-order valence-electron chi connectivity index (χ3n) is 6.14. The molecule has 1 atom stereocenters. The van der Waals surface area contributed by atoms with Gasteiger partial charge in [0, 0.05) is 23.2 Å². The number of fused-ring (bicyclic) bond motifs is 1. The standard InChI is InChI=1S/C22H30BrNO2/c1-3-4-5-16-6-8-17(9-7-16)22(26)24-15(2)12-19-13-18(21(25)14-23)10-11-20(19)24/h10-11,13,15-17H,3-9,12,14H2,1-2H3. The quantitative estimate of drug-likeness (QED) is 0.448. The molecule has 1 aliphatic carbocycles. The summed E-state index contributed by atoms with van der Waals surface area (Å²) in [6, 6.07) is 6.00. The van der Waals surface area contributed by atoms with Crippen LogP contribution in [0.5, 0.6) is 0 Å². The number of alkyl halides is 1. The molecule has 2 aliphatic rings. The highest BCUT2D eigenvalue weighted by Gasteiger charge is 2.36. The summed E-state index contributed by atoms with van der Waals surface area (Å²) < 4.78 is 0. The number of hydrogen-bond acceptors (Lipinski definition) is 2. The van der Waals surface area contributed by atoms with E-state index in [0.717, 1.165) is 42.0 Å². The zero-order valence-electron chi connectivity index (χ0n) is 16.0. The largest absolute Gasteiger partial charge is 0.309 e. The van der Waals surface area contributed by atoms with E-state index in [1.165, 1.54) is 32.1 Å². The molecule has 1 amide bonds. The Balaban J connectivity index is 1.69. The lowest BCUT2D eigenvalue weighted by molar-refractivity contribution is -0.123. The van der Waals surface area contributed by atoms with Gasteiger partial charge >= 0.3 is 0 Å². The van der Waals surface area contributed by atoms with Gasteiger partial charge in [-0.2, -0.15) is 0 Å². The molecular formula is C22H30BrNO2. The highest BCUT2D eigenvalue weighted by molar-refractivity contribution is 9.09. The van der Waals surface area contributed by atoms with Crippen LogP contribution in [0.2, 0.25) is 0 Å². The molecule has 1 fully saturated rings. The number of amides is 1. The van der Waals surface area contributed by atoms with Gasteiger partial charge in [0.25, 0.3) is 0 Å². The topological polar surface area (TPSA) is 37.4 Å². The van der Waals surface area contributed by atoms with Crippen LogP contribution < -0.4 is 4.90 Å². The van der Waals surface area contributed by atoms with E-state index in [2.05, 4.69) is 29.8 Å². The molecule has 0 bridgehead atoms. The van der Waals surface area contributed by atoms with Gasteiger partial charge < -0.3 is 4.90 Å². The van der Waals surface area contributed by atoms with Crippen LogP contribution in [0.4, 0.5) is 5.69 Å². The summed E-state index contributed by atoms with van der Waals surface area (Å²) in [4.78, 5) is 27.2. The van der Waals surface area contributed by atoms with Gasteiger partial charge in [-0.3, -0.25) is 9.59 Å². The van der Waals surface area contributed by atoms with Crippen molar-refractivity contribution in [1.29, 1.82) is 0 Å². The van der Waals surface area contributed by atoms with Gasteiger partial charge in [-0.1, -0.05) is 42.1 Å². The number of anilines is 1. The summed E-state index contributed by atoms with van der Waals surface area (Å²) >= 11 is 3.24. The first kappa shape index (κ1) is 19.6. The van der Waals surface area contributed by atoms with Crippen molar-refractivity contribution in [3.05, 3.63) is 29.3 Å². The monoisotopic (exact) mass is 419 g/mol. The van der Waals surface area contributed by atoms with Crippen molar-refractivity contribution in [2.75, 3.05) is 10.2 Å². The van der Waals surface area contributed by atoms with Gasteiger partial charge in [0.05, 0.1) is 5.33 Å². The molecule has 0 saturated heterocycles. The molecule has 3 rings (SSSR count). The third-order valence-corrected chi connectivity index (χ3v) is 6.65. The van der Waals surface area contributed by atoms with Gasteiger partial charge in [0.15, 0.2) is 5.78 Å². The van der Waals surface area contributed by atoms with Crippen molar-refractivity contribution in [3.63, 3.8) is 0 Å². The van der Waals surface area contributed by atoms with Crippen LogP contribution in [0, 0.1) is 11.8 Å². The maximum absolute atomic E-state index is 13.2. The lowest BCUT2D eigenvalue weighted by atomic mass is 9.79. The van der Waals surface area contributed by atoms with Crippen molar-refractivity contribution < 1.29 is 9.59 Å². The molecule has 1 aromatic carbocycles. The van der Waals surface area contributed by atoms with E-state index in [9.17, 15) is 9.59 Å². The molecule has 0 aromatic heterocycles. The summed E-state index contributed by atoms with van der Waals surface area (Å²) in [5, 5.41) is 0.339. The summed E-state index contributed by atoms with van der Waals surface area (Å²) in [5.74, 6) is 1.38. The van der Waals surface area contributed by atoms with Gasteiger partial charge in [-0.05, 0) is 68.7 Å². The molecule has 1 aromatic rings. The molecule has 1 saturated carbocycles. The van der Waals surface area contributed by atoms with Crippen LogP contribution in [0.15, 0.2) is 18.2 Å². The molecule has 142 valence electrons. The lowest BCUT2D eigenvalue weighted by Gasteiger charge is -2.32. The lowest BCUT2D eigenvalue weighted by Crippen LogP contribution is -2.41. The van der Waals surface area contributed by atoms with E-state index in [-0.39, 0.29) is 17.7 Å². The highest BCUT2D eigenvalue weighted by Crippen LogP contribution is 2.38. The number of ketones is 1. The number of Topliss-reactive ketones (excluding diaryl/α,β-unsaturated/α-hetero) is 1. The normalized spacial score (nSPS) is 25.2. The second-order valence-electron chi connectivity index (χ2n) is 8.02. The molecular weight excluding hydrogens is 390 g/mol. The number of unbranched alkanes of at least 4 members (excludes halogenated alkanes) is 1. The van der Waals surface area contributed by atoms with Crippen molar-refractivity contribution in [2.45, 2.75) is 71.3 Å². The Morgan fingerprint density at radius 2 is 1.92 bits per heavy atom. The van der Waals surface area contributed by atoms with Crippen LogP contribution in [-0.2, 0) is 11.2 Å². The minimum Gasteiger partial charge on any atom is -0.309 e. The predicted octanol–water partition coefficient (Wildman–Crippen LogP) is 5.54. The van der Waals surface area contributed by atoms with Gasteiger partial charge in [0.1, 0.15) is 0 Å². The maximum atomic E-state index is 13.2. The fourth-order valence-corrected chi connectivity index (χ4v) is 4.93. The molecule has 26 heavy (non-hydrogen) atoms. The highest BCUT2D eigenvalue weighted by atomic mass is 79.9. The molecule has 4 heteroatoms. The van der Waals surface area contributed by atoms with Crippen molar-refractivity contribution >= 4 is 33.3 Å². The van der Waals surface area contributed by atoms with Crippen LogP contribution in [-0.4, -0.2) is 23.1 Å². The minimum absolute atomic E-state index is 0.0932. The SMILES string of the molecule is CCCCC1CCC(C(=O)N2c3ccc(C(=O)CBr)cc3CC2C)CC1. The van der Waals surface area contributed by atoms with Gasteiger partial charge in [0.2, 0.25) is 5.91 Å². The average molecular weight is 420 g/mol. The fourth-order valence-electron chi connectivity index (χ4n) is 4.61. The Bertz CT molecular complexity index is 664.